The van der Waals surface area contributed by atoms with E-state index < -0.39 is 0 Å². The summed E-state index contributed by atoms with van der Waals surface area (Å²) in [6.45, 7) is 4.67. The minimum Gasteiger partial charge on any atom is -0.495 e. The summed E-state index contributed by atoms with van der Waals surface area (Å²) in [4.78, 5) is 0. The molecule has 0 fully saturated rings. The van der Waals surface area contributed by atoms with Crippen LogP contribution in [0.2, 0.25) is 0 Å². The lowest BCUT2D eigenvalue weighted by molar-refractivity contribution is 0.408. The summed E-state index contributed by atoms with van der Waals surface area (Å²) in [6.07, 6.45) is 0. The molecule has 4 nitrogen and oxygen atoms in total. The molecule has 0 aliphatic heterocycles. The van der Waals surface area contributed by atoms with Crippen LogP contribution in [0.1, 0.15) is 35.6 Å². The molecule has 2 rings (SSSR count). The number of rotatable bonds is 5. The molecule has 1 N–H and O–H groups in total. The molecule has 1 atom stereocenters. The fourth-order valence-corrected chi connectivity index (χ4v) is 2.00. The van der Waals surface area contributed by atoms with Crippen molar-refractivity contribution in [1.29, 1.82) is 5.26 Å². The van der Waals surface area contributed by atoms with Gasteiger partial charge >= 0.3 is 0 Å². The van der Waals surface area contributed by atoms with Gasteiger partial charge < -0.3 is 14.5 Å². The Labute approximate surface area is 119 Å². The quantitative estimate of drug-likeness (QED) is 0.905. The number of hydrogen-bond donors (Lipinski definition) is 1. The molecular formula is C16H18N2O2. The molecule has 4 heteroatoms. The lowest BCUT2D eigenvalue weighted by atomic mass is 10.1. The molecule has 0 saturated heterocycles. The molecule has 0 bridgehead atoms. The Balaban J connectivity index is 2.02. The normalized spacial score (nSPS) is 11.9. The molecule has 0 radical (unpaired) electrons. The molecule has 1 aromatic carbocycles. The van der Waals surface area contributed by atoms with Gasteiger partial charge in [0.1, 0.15) is 23.3 Å². The molecule has 2 aromatic rings. The predicted octanol–water partition coefficient (Wildman–Crippen LogP) is 3.32. The maximum absolute atomic E-state index is 8.95. The van der Waals surface area contributed by atoms with Gasteiger partial charge in [-0.05, 0) is 43.7 Å². The molecule has 0 aliphatic carbocycles. The molecule has 104 valence electrons. The van der Waals surface area contributed by atoms with Crippen LogP contribution in [-0.4, -0.2) is 7.11 Å². The first-order valence-electron chi connectivity index (χ1n) is 6.50. The lowest BCUT2D eigenvalue weighted by Gasteiger charge is -2.12. The topological polar surface area (TPSA) is 58.2 Å². The van der Waals surface area contributed by atoms with Crippen molar-refractivity contribution < 1.29 is 9.15 Å². The van der Waals surface area contributed by atoms with Crippen molar-refractivity contribution in [3.63, 3.8) is 0 Å². The molecule has 1 aromatic heterocycles. The fourth-order valence-electron chi connectivity index (χ4n) is 2.00. The minimum atomic E-state index is 0.130. The zero-order valence-electron chi connectivity index (χ0n) is 11.9. The second-order valence-corrected chi connectivity index (χ2v) is 4.70. The molecule has 1 unspecified atom stereocenters. The highest BCUT2D eigenvalue weighted by Crippen LogP contribution is 2.20. The number of ether oxygens (including phenoxy) is 1. The highest BCUT2D eigenvalue weighted by molar-refractivity contribution is 5.45. The summed E-state index contributed by atoms with van der Waals surface area (Å²) >= 11 is 0. The molecule has 0 saturated carbocycles. The van der Waals surface area contributed by atoms with Crippen LogP contribution in [0.3, 0.4) is 0 Å². The summed E-state index contributed by atoms with van der Waals surface area (Å²) in [5.74, 6) is 2.44. The minimum absolute atomic E-state index is 0.130. The fraction of sp³-hybridized carbons (Fsp3) is 0.312. The zero-order valence-corrected chi connectivity index (χ0v) is 11.9. The maximum Gasteiger partial charge on any atom is 0.136 e. The Bertz CT molecular complexity index is 626. The summed E-state index contributed by atoms with van der Waals surface area (Å²) in [6, 6.07) is 11.8. The molecule has 0 aliphatic rings. The van der Waals surface area contributed by atoms with Gasteiger partial charge in [0.15, 0.2) is 0 Å². The van der Waals surface area contributed by atoms with Gasteiger partial charge in [0.25, 0.3) is 0 Å². The van der Waals surface area contributed by atoms with Crippen molar-refractivity contribution in [2.24, 2.45) is 0 Å². The highest BCUT2D eigenvalue weighted by Gasteiger charge is 2.09. The number of aryl methyl sites for hydroxylation is 1. The Hall–Kier alpha value is -2.25. The van der Waals surface area contributed by atoms with E-state index in [1.807, 2.05) is 31.2 Å². The summed E-state index contributed by atoms with van der Waals surface area (Å²) in [7, 11) is 1.57. The van der Waals surface area contributed by atoms with E-state index in [9.17, 15) is 0 Å². The number of benzene rings is 1. The number of nitrogens with one attached hydrogen (secondary N) is 1. The van der Waals surface area contributed by atoms with Crippen LogP contribution in [-0.2, 0) is 6.54 Å². The van der Waals surface area contributed by atoms with Crippen LogP contribution in [0.25, 0.3) is 0 Å². The number of furan rings is 1. The number of nitrogens with zero attached hydrogens (tertiary/aromatic N) is 1. The number of hydrogen-bond acceptors (Lipinski definition) is 4. The van der Waals surface area contributed by atoms with Gasteiger partial charge in [-0.3, -0.25) is 0 Å². The predicted molar refractivity (Wildman–Crippen MR) is 76.4 cm³/mol. The first kappa shape index (κ1) is 14.2. The number of nitriles is 1. The SMILES string of the molecule is COc1cc(CNC(C)c2ccc(C)o2)ccc1C#N. The third-order valence-electron chi connectivity index (χ3n) is 3.19. The smallest absolute Gasteiger partial charge is 0.136 e. The maximum atomic E-state index is 8.95. The van der Waals surface area contributed by atoms with E-state index >= 15 is 0 Å². The zero-order chi connectivity index (χ0) is 14.5. The van der Waals surface area contributed by atoms with Crippen LogP contribution < -0.4 is 10.1 Å². The van der Waals surface area contributed by atoms with Crippen LogP contribution in [0, 0.1) is 18.3 Å². The third-order valence-corrected chi connectivity index (χ3v) is 3.19. The first-order chi connectivity index (χ1) is 9.63. The van der Waals surface area contributed by atoms with Crippen molar-refractivity contribution in [2.75, 3.05) is 7.11 Å². The van der Waals surface area contributed by atoms with Gasteiger partial charge in [0.05, 0.1) is 18.7 Å². The van der Waals surface area contributed by atoms with Crippen molar-refractivity contribution in [3.05, 3.63) is 53.0 Å². The summed E-state index contributed by atoms with van der Waals surface area (Å²) in [5, 5.41) is 12.3. The van der Waals surface area contributed by atoms with Gasteiger partial charge in [0.2, 0.25) is 0 Å². The van der Waals surface area contributed by atoms with Crippen molar-refractivity contribution in [2.45, 2.75) is 26.4 Å². The summed E-state index contributed by atoms with van der Waals surface area (Å²) in [5.41, 5.74) is 1.61. The van der Waals surface area contributed by atoms with E-state index in [0.717, 1.165) is 17.1 Å². The highest BCUT2D eigenvalue weighted by atomic mass is 16.5. The largest absolute Gasteiger partial charge is 0.495 e. The van der Waals surface area contributed by atoms with Gasteiger partial charge in [-0.1, -0.05) is 6.07 Å². The second kappa shape index (κ2) is 6.27. The van der Waals surface area contributed by atoms with Gasteiger partial charge in [-0.25, -0.2) is 0 Å². The van der Waals surface area contributed by atoms with Crippen LogP contribution in [0.15, 0.2) is 34.7 Å². The van der Waals surface area contributed by atoms with E-state index in [-0.39, 0.29) is 6.04 Å². The van der Waals surface area contributed by atoms with E-state index in [2.05, 4.69) is 18.3 Å². The van der Waals surface area contributed by atoms with E-state index in [0.29, 0.717) is 17.9 Å². The second-order valence-electron chi connectivity index (χ2n) is 4.70. The van der Waals surface area contributed by atoms with Crippen molar-refractivity contribution >= 4 is 0 Å². The number of methoxy groups -OCH3 is 1. The molecule has 0 spiro atoms. The Morgan fingerprint density at radius 1 is 1.35 bits per heavy atom. The Kier molecular flexibility index (Phi) is 4.44. The standard InChI is InChI=1S/C16H18N2O2/c1-11-4-7-15(20-11)12(2)18-10-13-5-6-14(9-17)16(8-13)19-3/h4-8,12,18H,10H2,1-3H3. The summed E-state index contributed by atoms with van der Waals surface area (Å²) < 4.78 is 10.8. The molecule has 20 heavy (non-hydrogen) atoms. The average Bonchev–Trinajstić information content (AvgIpc) is 2.91. The van der Waals surface area contributed by atoms with Crippen molar-refractivity contribution in [3.8, 4) is 11.8 Å². The Morgan fingerprint density at radius 2 is 2.15 bits per heavy atom. The van der Waals surface area contributed by atoms with Crippen LogP contribution in [0.5, 0.6) is 5.75 Å². The molecule has 0 amide bonds. The Morgan fingerprint density at radius 3 is 2.75 bits per heavy atom. The first-order valence-corrected chi connectivity index (χ1v) is 6.50. The van der Waals surface area contributed by atoms with Crippen molar-refractivity contribution in [1.82, 2.24) is 5.32 Å². The lowest BCUT2D eigenvalue weighted by Crippen LogP contribution is -2.17. The molecular weight excluding hydrogens is 252 g/mol. The van der Waals surface area contributed by atoms with Crippen LogP contribution >= 0.6 is 0 Å². The van der Waals surface area contributed by atoms with Gasteiger partial charge in [0, 0.05) is 6.54 Å². The van der Waals surface area contributed by atoms with E-state index in [1.165, 1.54) is 0 Å². The molecule has 1 heterocycles. The van der Waals surface area contributed by atoms with Gasteiger partial charge in [-0.15, -0.1) is 0 Å². The monoisotopic (exact) mass is 270 g/mol. The third kappa shape index (κ3) is 3.19. The van der Waals surface area contributed by atoms with Crippen LogP contribution in [0.4, 0.5) is 0 Å². The average molecular weight is 270 g/mol. The van der Waals surface area contributed by atoms with Gasteiger partial charge in [-0.2, -0.15) is 5.26 Å². The van der Waals surface area contributed by atoms with E-state index in [4.69, 9.17) is 14.4 Å². The van der Waals surface area contributed by atoms with E-state index in [1.54, 1.807) is 13.2 Å².